The number of rotatable bonds is 1. The topological polar surface area (TPSA) is 49.3 Å². The third-order valence-corrected chi connectivity index (χ3v) is 5.59. The molecule has 0 aromatic carbocycles. The fraction of sp³-hybridized carbons (Fsp3) is 0.706. The largest absolute Gasteiger partial charge is 0.433 e. The number of carbonyl (C=O) groups excluding carboxylic acids is 1. The number of alkyl halides is 3. The van der Waals surface area contributed by atoms with Crippen molar-refractivity contribution in [2.45, 2.75) is 63.7 Å². The number of nitrogens with zero attached hydrogens (tertiary/aromatic N) is 4. The highest BCUT2D eigenvalue weighted by atomic mass is 19.4. The Morgan fingerprint density at radius 1 is 1.08 bits per heavy atom. The number of halogens is 3. The maximum absolute atomic E-state index is 13.5. The molecule has 1 aromatic rings. The molecule has 2 aliphatic heterocycles. The Morgan fingerprint density at radius 3 is 2.60 bits per heavy atom. The van der Waals surface area contributed by atoms with Crippen LogP contribution in [0.5, 0.6) is 0 Å². The number of aryl methyl sites for hydroxylation is 1. The predicted octanol–water partition coefficient (Wildman–Crippen LogP) is 2.57. The second-order valence-electron chi connectivity index (χ2n) is 7.16. The second-order valence-corrected chi connectivity index (χ2v) is 7.16. The first-order valence-corrected chi connectivity index (χ1v) is 8.90. The minimum absolute atomic E-state index is 0.0383. The number of anilines is 1. The summed E-state index contributed by atoms with van der Waals surface area (Å²) in [4.78, 5) is 24.4. The lowest BCUT2D eigenvalue weighted by atomic mass is 9.94. The summed E-state index contributed by atoms with van der Waals surface area (Å²) in [5.74, 6) is 0.0176. The van der Waals surface area contributed by atoms with Gasteiger partial charge in [-0.25, -0.2) is 9.97 Å². The smallest absolute Gasteiger partial charge is 0.336 e. The van der Waals surface area contributed by atoms with Crippen LogP contribution in [0.3, 0.4) is 0 Å². The molecule has 0 N–H and O–H groups in total. The number of amides is 1. The number of fused-ring (bicyclic) bond motifs is 2. The molecule has 2 saturated heterocycles. The van der Waals surface area contributed by atoms with Crippen LogP contribution in [0, 0.1) is 0 Å². The number of aromatic nitrogens is 2. The standard InChI is InChI=1S/C17H21F3N4O/c1-10-15(25)23-8-4-5-11(23)9-24(10)16-21-13-7-3-2-6-12(13)14(22-16)17(18,19)20/h10-11H,2-9H2,1H3/t10-,11-/m0/s1. The molecule has 0 bridgehead atoms. The van der Waals surface area contributed by atoms with Gasteiger partial charge in [-0.2, -0.15) is 13.2 Å². The van der Waals surface area contributed by atoms with Crippen LogP contribution in [0.4, 0.5) is 19.1 Å². The third-order valence-electron chi connectivity index (χ3n) is 5.59. The normalized spacial score (nSPS) is 26.6. The fourth-order valence-electron chi connectivity index (χ4n) is 4.27. The van der Waals surface area contributed by atoms with E-state index in [-0.39, 0.29) is 23.5 Å². The van der Waals surface area contributed by atoms with E-state index in [0.29, 0.717) is 25.1 Å². The second kappa shape index (κ2) is 5.85. The molecular formula is C17H21F3N4O. The molecule has 4 rings (SSSR count). The fourth-order valence-corrected chi connectivity index (χ4v) is 4.27. The van der Waals surface area contributed by atoms with Crippen molar-refractivity contribution >= 4 is 11.9 Å². The summed E-state index contributed by atoms with van der Waals surface area (Å²) >= 11 is 0. The molecule has 136 valence electrons. The lowest BCUT2D eigenvalue weighted by Crippen LogP contribution is -2.59. The first-order chi connectivity index (χ1) is 11.9. The van der Waals surface area contributed by atoms with Gasteiger partial charge in [-0.1, -0.05) is 0 Å². The molecule has 1 aliphatic carbocycles. The highest BCUT2D eigenvalue weighted by Crippen LogP contribution is 2.37. The predicted molar refractivity (Wildman–Crippen MR) is 85.2 cm³/mol. The van der Waals surface area contributed by atoms with Gasteiger partial charge >= 0.3 is 6.18 Å². The van der Waals surface area contributed by atoms with Crippen molar-refractivity contribution in [3.05, 3.63) is 17.0 Å². The Morgan fingerprint density at radius 2 is 1.84 bits per heavy atom. The maximum atomic E-state index is 13.5. The molecule has 5 nitrogen and oxygen atoms in total. The first kappa shape index (κ1) is 16.6. The van der Waals surface area contributed by atoms with E-state index in [2.05, 4.69) is 9.97 Å². The van der Waals surface area contributed by atoms with Gasteiger partial charge in [-0.15, -0.1) is 0 Å². The van der Waals surface area contributed by atoms with Gasteiger partial charge in [0.1, 0.15) is 6.04 Å². The van der Waals surface area contributed by atoms with Gasteiger partial charge in [-0.05, 0) is 45.4 Å². The van der Waals surface area contributed by atoms with Gasteiger partial charge in [0.15, 0.2) is 5.69 Å². The first-order valence-electron chi connectivity index (χ1n) is 8.90. The van der Waals surface area contributed by atoms with Crippen LogP contribution >= 0.6 is 0 Å². The number of hydrogen-bond acceptors (Lipinski definition) is 4. The highest BCUT2D eigenvalue weighted by Gasteiger charge is 2.43. The zero-order chi connectivity index (χ0) is 17.8. The van der Waals surface area contributed by atoms with E-state index in [1.165, 1.54) is 0 Å². The SMILES string of the molecule is C[C@H]1C(=O)N2CCC[C@H]2CN1c1nc2c(c(C(F)(F)F)n1)CCCC2. The molecule has 2 fully saturated rings. The van der Waals surface area contributed by atoms with Crippen molar-refractivity contribution in [3.8, 4) is 0 Å². The van der Waals surface area contributed by atoms with Crippen molar-refractivity contribution in [1.29, 1.82) is 0 Å². The highest BCUT2D eigenvalue weighted by molar-refractivity contribution is 5.86. The van der Waals surface area contributed by atoms with Gasteiger partial charge < -0.3 is 9.80 Å². The molecule has 3 aliphatic rings. The summed E-state index contributed by atoms with van der Waals surface area (Å²) in [6.07, 6.45) is -0.196. The minimum atomic E-state index is -4.50. The molecule has 1 amide bonds. The average Bonchev–Trinajstić information content (AvgIpc) is 3.05. The molecule has 0 saturated carbocycles. The van der Waals surface area contributed by atoms with Crippen molar-refractivity contribution in [2.24, 2.45) is 0 Å². The van der Waals surface area contributed by atoms with Crippen LogP contribution in [0.2, 0.25) is 0 Å². The molecule has 8 heteroatoms. The molecule has 2 atom stereocenters. The van der Waals surface area contributed by atoms with E-state index < -0.39 is 17.9 Å². The Kier molecular flexibility index (Phi) is 3.88. The number of hydrogen-bond donors (Lipinski definition) is 0. The van der Waals surface area contributed by atoms with Crippen LogP contribution in [-0.4, -0.2) is 45.9 Å². The quantitative estimate of drug-likeness (QED) is 0.778. The summed E-state index contributed by atoms with van der Waals surface area (Å²) < 4.78 is 40.6. The summed E-state index contributed by atoms with van der Waals surface area (Å²) in [6.45, 7) is 2.97. The molecule has 1 aromatic heterocycles. The lowest BCUT2D eigenvalue weighted by Gasteiger charge is -2.41. The van der Waals surface area contributed by atoms with Crippen molar-refractivity contribution in [1.82, 2.24) is 14.9 Å². The van der Waals surface area contributed by atoms with E-state index in [1.807, 2.05) is 4.90 Å². The minimum Gasteiger partial charge on any atom is -0.336 e. The Balaban J connectivity index is 1.76. The Hall–Kier alpha value is -1.86. The molecule has 0 spiro atoms. The van der Waals surface area contributed by atoms with Crippen molar-refractivity contribution in [2.75, 3.05) is 18.0 Å². The van der Waals surface area contributed by atoms with E-state index in [1.54, 1.807) is 11.8 Å². The van der Waals surface area contributed by atoms with E-state index >= 15 is 0 Å². The number of carbonyl (C=O) groups is 1. The van der Waals surface area contributed by atoms with Crippen LogP contribution in [0.1, 0.15) is 49.6 Å². The maximum Gasteiger partial charge on any atom is 0.433 e. The lowest BCUT2D eigenvalue weighted by molar-refractivity contribution is -0.142. The summed E-state index contributed by atoms with van der Waals surface area (Å²) in [7, 11) is 0. The molecular weight excluding hydrogens is 333 g/mol. The van der Waals surface area contributed by atoms with Crippen LogP contribution in [-0.2, 0) is 23.8 Å². The van der Waals surface area contributed by atoms with Gasteiger partial charge in [0.2, 0.25) is 11.9 Å². The van der Waals surface area contributed by atoms with Gasteiger partial charge in [0, 0.05) is 30.4 Å². The molecule has 0 unspecified atom stereocenters. The summed E-state index contributed by atoms with van der Waals surface area (Å²) in [5.41, 5.74) is -0.0845. The zero-order valence-electron chi connectivity index (χ0n) is 14.1. The Labute approximate surface area is 144 Å². The summed E-state index contributed by atoms with van der Waals surface area (Å²) in [6, 6.07) is -0.477. The van der Waals surface area contributed by atoms with Crippen LogP contribution in [0.15, 0.2) is 0 Å². The third kappa shape index (κ3) is 2.75. The average molecular weight is 354 g/mol. The van der Waals surface area contributed by atoms with Crippen LogP contribution < -0.4 is 4.90 Å². The van der Waals surface area contributed by atoms with Gasteiger partial charge in [0.05, 0.1) is 0 Å². The van der Waals surface area contributed by atoms with Gasteiger partial charge in [0.25, 0.3) is 0 Å². The van der Waals surface area contributed by atoms with E-state index in [9.17, 15) is 18.0 Å². The van der Waals surface area contributed by atoms with Gasteiger partial charge in [-0.3, -0.25) is 4.79 Å². The van der Waals surface area contributed by atoms with E-state index in [0.717, 1.165) is 32.2 Å². The molecule has 3 heterocycles. The van der Waals surface area contributed by atoms with Crippen molar-refractivity contribution in [3.63, 3.8) is 0 Å². The monoisotopic (exact) mass is 354 g/mol. The zero-order valence-corrected chi connectivity index (χ0v) is 14.1. The molecule has 0 radical (unpaired) electrons. The Bertz CT molecular complexity index is 706. The number of piperazine rings is 1. The molecule has 25 heavy (non-hydrogen) atoms. The summed E-state index contributed by atoms with van der Waals surface area (Å²) in [5, 5.41) is 0. The van der Waals surface area contributed by atoms with Crippen LogP contribution in [0.25, 0.3) is 0 Å². The van der Waals surface area contributed by atoms with Crippen molar-refractivity contribution < 1.29 is 18.0 Å². The van der Waals surface area contributed by atoms with E-state index in [4.69, 9.17) is 0 Å².